The zero-order chi connectivity index (χ0) is 16.2. The van der Waals surface area contributed by atoms with Crippen LogP contribution < -0.4 is 4.90 Å². The number of carbonyl (C=O) groups is 1. The van der Waals surface area contributed by atoms with E-state index in [1.54, 1.807) is 11.8 Å². The van der Waals surface area contributed by atoms with E-state index in [1.807, 2.05) is 61.6 Å². The molecule has 0 bridgehead atoms. The van der Waals surface area contributed by atoms with Crippen molar-refractivity contribution in [3.63, 3.8) is 0 Å². The van der Waals surface area contributed by atoms with Gasteiger partial charge in [-0.3, -0.25) is 4.90 Å². The molecule has 0 radical (unpaired) electrons. The van der Waals surface area contributed by atoms with Gasteiger partial charge in [0.05, 0.1) is 12.3 Å². The lowest BCUT2D eigenvalue weighted by atomic mass is 10.1. The predicted octanol–water partition coefficient (Wildman–Crippen LogP) is 3.09. The van der Waals surface area contributed by atoms with Crippen LogP contribution in [0.3, 0.4) is 0 Å². The summed E-state index contributed by atoms with van der Waals surface area (Å²) in [6.07, 6.45) is 9.17. The molecular weight excluding hydrogens is 292 g/mol. The number of carbonyl (C=O) groups excluding carboxylic acids is 1. The minimum Gasteiger partial charge on any atom is -0.460 e. The molecule has 0 saturated carbocycles. The van der Waals surface area contributed by atoms with Crippen LogP contribution >= 0.6 is 0 Å². The van der Waals surface area contributed by atoms with E-state index >= 15 is 0 Å². The highest BCUT2D eigenvalue weighted by Crippen LogP contribution is 2.29. The summed E-state index contributed by atoms with van der Waals surface area (Å²) in [5.74, 6) is -0.383. The van der Waals surface area contributed by atoms with Crippen LogP contribution in [0.15, 0.2) is 65.5 Å². The van der Waals surface area contributed by atoms with Crippen molar-refractivity contribution in [1.29, 1.82) is 0 Å². The first-order valence-electron chi connectivity index (χ1n) is 7.53. The van der Waals surface area contributed by atoms with Crippen LogP contribution in [0.1, 0.15) is 12.5 Å². The number of hydrogen-bond donors (Lipinski definition) is 0. The number of aryl methyl sites for hydroxylation is 1. The van der Waals surface area contributed by atoms with Gasteiger partial charge in [0.15, 0.2) is 6.10 Å². The second-order valence-electron chi connectivity index (χ2n) is 5.19. The van der Waals surface area contributed by atoms with E-state index < -0.39 is 5.97 Å². The highest BCUT2D eigenvalue weighted by atomic mass is 16.6. The molecule has 1 heterocycles. The summed E-state index contributed by atoms with van der Waals surface area (Å²) in [5.41, 5.74) is 2.80. The number of ether oxygens (including phenoxy) is 1. The highest BCUT2D eigenvalue weighted by Gasteiger charge is 2.34. The number of rotatable bonds is 3. The van der Waals surface area contributed by atoms with Gasteiger partial charge >= 0.3 is 5.97 Å². The molecule has 0 N–H and O–H groups in total. The molecule has 1 atom stereocenters. The summed E-state index contributed by atoms with van der Waals surface area (Å²) in [7, 11) is 0. The Labute approximate surface area is 135 Å². The van der Waals surface area contributed by atoms with Gasteiger partial charge in [0.1, 0.15) is 0 Å². The minimum atomic E-state index is -0.510. The molecular formula is C18H18N2O3. The van der Waals surface area contributed by atoms with E-state index in [-0.39, 0.29) is 18.5 Å². The lowest BCUT2D eigenvalue weighted by Crippen LogP contribution is -2.44. The van der Waals surface area contributed by atoms with E-state index in [4.69, 9.17) is 9.57 Å². The standard InChI is InChI=1S/C18H18N2O3/c1-3-22-18(21)17-19-23-16-8-6-4-5-7-15(16)20(17)14-11-9-13(2)10-12-14/h4-12,16H,3H2,1-2H3. The number of oxime groups is 1. The Hall–Kier alpha value is -2.82. The highest BCUT2D eigenvalue weighted by molar-refractivity contribution is 6.41. The van der Waals surface area contributed by atoms with E-state index in [2.05, 4.69) is 5.16 Å². The summed E-state index contributed by atoms with van der Waals surface area (Å²) in [6.45, 7) is 4.06. The molecule has 23 heavy (non-hydrogen) atoms. The average Bonchev–Trinajstić information content (AvgIpc) is 2.80. The first-order chi connectivity index (χ1) is 11.2. The van der Waals surface area contributed by atoms with Gasteiger partial charge in [-0.15, -0.1) is 0 Å². The SMILES string of the molecule is CCOC(=O)C1=NOC2C=CC=CC=C2N1c1ccc(C)cc1. The van der Waals surface area contributed by atoms with E-state index in [0.29, 0.717) is 0 Å². The Morgan fingerprint density at radius 3 is 2.78 bits per heavy atom. The molecule has 1 unspecified atom stereocenters. The number of nitrogens with zero attached hydrogens (tertiary/aromatic N) is 2. The van der Waals surface area contributed by atoms with Crippen molar-refractivity contribution >= 4 is 17.5 Å². The second kappa shape index (κ2) is 6.52. The van der Waals surface area contributed by atoms with Gasteiger partial charge in [-0.2, -0.15) is 0 Å². The molecule has 0 fully saturated rings. The van der Waals surface area contributed by atoms with Gasteiger partial charge in [0, 0.05) is 5.69 Å². The molecule has 1 aromatic rings. The second-order valence-corrected chi connectivity index (χ2v) is 5.19. The fourth-order valence-electron chi connectivity index (χ4n) is 2.43. The predicted molar refractivity (Wildman–Crippen MR) is 89.0 cm³/mol. The maximum Gasteiger partial charge on any atom is 0.378 e. The van der Waals surface area contributed by atoms with Crippen molar-refractivity contribution in [3.8, 4) is 0 Å². The van der Waals surface area contributed by atoms with Crippen LogP contribution in [0.25, 0.3) is 0 Å². The first kappa shape index (κ1) is 15.1. The van der Waals surface area contributed by atoms with Crippen LogP contribution in [0.4, 0.5) is 5.69 Å². The summed E-state index contributed by atoms with van der Waals surface area (Å²) >= 11 is 0. The molecule has 1 aliphatic carbocycles. The molecule has 0 saturated heterocycles. The number of amidine groups is 1. The topological polar surface area (TPSA) is 51.1 Å². The summed E-state index contributed by atoms with van der Waals surface area (Å²) in [4.78, 5) is 19.5. The van der Waals surface area contributed by atoms with Gasteiger partial charge < -0.3 is 9.57 Å². The van der Waals surface area contributed by atoms with Crippen LogP contribution in [-0.2, 0) is 14.4 Å². The molecule has 5 nitrogen and oxygen atoms in total. The van der Waals surface area contributed by atoms with Crippen LogP contribution in [0, 0.1) is 6.92 Å². The van der Waals surface area contributed by atoms with Gasteiger partial charge in [-0.25, -0.2) is 4.79 Å². The van der Waals surface area contributed by atoms with Crippen molar-refractivity contribution in [3.05, 3.63) is 65.9 Å². The largest absolute Gasteiger partial charge is 0.460 e. The van der Waals surface area contributed by atoms with Gasteiger partial charge in [-0.05, 0) is 38.1 Å². The van der Waals surface area contributed by atoms with Crippen molar-refractivity contribution in [2.45, 2.75) is 20.0 Å². The van der Waals surface area contributed by atoms with Crippen molar-refractivity contribution in [2.75, 3.05) is 11.5 Å². The van der Waals surface area contributed by atoms with E-state index in [9.17, 15) is 4.79 Å². The number of benzene rings is 1. The maximum atomic E-state index is 12.3. The Morgan fingerprint density at radius 2 is 2.04 bits per heavy atom. The zero-order valence-corrected chi connectivity index (χ0v) is 13.1. The number of allylic oxidation sites excluding steroid dienone is 4. The molecule has 0 amide bonds. The van der Waals surface area contributed by atoms with Crippen molar-refractivity contribution in [2.24, 2.45) is 5.16 Å². The Balaban J connectivity index is 2.07. The third kappa shape index (κ3) is 3.04. The molecule has 5 heteroatoms. The third-order valence-corrected chi connectivity index (χ3v) is 3.54. The number of fused-ring (bicyclic) bond motifs is 1. The molecule has 0 aromatic heterocycles. The van der Waals surface area contributed by atoms with Crippen molar-refractivity contribution < 1.29 is 14.4 Å². The molecule has 118 valence electrons. The minimum absolute atomic E-state index is 0.127. The fraction of sp³-hybridized carbons (Fsp3) is 0.222. The Morgan fingerprint density at radius 1 is 1.26 bits per heavy atom. The number of anilines is 1. The molecule has 2 aliphatic rings. The quantitative estimate of drug-likeness (QED) is 0.805. The van der Waals surface area contributed by atoms with Crippen molar-refractivity contribution in [1.82, 2.24) is 0 Å². The summed E-state index contributed by atoms with van der Waals surface area (Å²) in [5, 5.41) is 4.00. The molecule has 0 spiro atoms. The molecule has 1 aromatic carbocycles. The molecule has 3 rings (SSSR count). The summed E-state index contributed by atoms with van der Waals surface area (Å²) < 4.78 is 5.11. The number of esters is 1. The smallest absolute Gasteiger partial charge is 0.378 e. The van der Waals surface area contributed by atoms with E-state index in [1.165, 1.54) is 0 Å². The fourth-order valence-corrected chi connectivity index (χ4v) is 2.43. The number of hydrogen-bond acceptors (Lipinski definition) is 5. The Kier molecular flexibility index (Phi) is 4.28. The molecule has 1 aliphatic heterocycles. The monoisotopic (exact) mass is 310 g/mol. The third-order valence-electron chi connectivity index (χ3n) is 3.54. The summed E-state index contributed by atoms with van der Waals surface area (Å²) in [6, 6.07) is 7.88. The van der Waals surface area contributed by atoms with Gasteiger partial charge in [0.25, 0.3) is 5.84 Å². The van der Waals surface area contributed by atoms with Crippen LogP contribution in [0.2, 0.25) is 0 Å². The van der Waals surface area contributed by atoms with E-state index in [0.717, 1.165) is 16.9 Å². The lowest BCUT2D eigenvalue weighted by molar-refractivity contribution is -0.135. The van der Waals surface area contributed by atoms with Gasteiger partial charge in [0.2, 0.25) is 0 Å². The Bertz CT molecular complexity index is 714. The maximum absolute atomic E-state index is 12.3. The first-order valence-corrected chi connectivity index (χ1v) is 7.53. The van der Waals surface area contributed by atoms with Crippen LogP contribution in [-0.4, -0.2) is 24.5 Å². The normalized spacial score (nSPS) is 19.2. The van der Waals surface area contributed by atoms with Crippen LogP contribution in [0.5, 0.6) is 0 Å². The average molecular weight is 310 g/mol. The zero-order valence-electron chi connectivity index (χ0n) is 13.1. The lowest BCUT2D eigenvalue weighted by Gasteiger charge is -2.33. The van der Waals surface area contributed by atoms with Gasteiger partial charge in [-0.1, -0.05) is 41.1 Å².